The molecule has 0 saturated carbocycles. The first-order valence-electron chi connectivity index (χ1n) is 8.78. The topological polar surface area (TPSA) is 112 Å². The Morgan fingerprint density at radius 2 is 1.90 bits per heavy atom. The number of rotatable bonds is 7. The van der Waals surface area contributed by atoms with Crippen molar-refractivity contribution in [2.45, 2.75) is 4.90 Å². The predicted octanol–water partition coefficient (Wildman–Crippen LogP) is 3.04. The van der Waals surface area contributed by atoms with Crippen molar-refractivity contribution in [2.24, 2.45) is 0 Å². The molecule has 0 radical (unpaired) electrons. The first-order valence-corrected chi connectivity index (χ1v) is 10.7. The number of carbonyl (C=O) groups excluding carboxylic acids is 2. The smallest absolute Gasteiger partial charge is 0.331 e. The van der Waals surface area contributed by atoms with Crippen LogP contribution in [-0.4, -0.2) is 40.3 Å². The summed E-state index contributed by atoms with van der Waals surface area (Å²) in [6.45, 7) is -0.574. The van der Waals surface area contributed by atoms with Gasteiger partial charge in [0.15, 0.2) is 27.8 Å². The van der Waals surface area contributed by atoms with Gasteiger partial charge in [0, 0.05) is 17.7 Å². The van der Waals surface area contributed by atoms with Crippen LogP contribution in [0, 0.1) is 0 Å². The molecule has 0 atom stereocenters. The molecule has 8 nitrogen and oxygen atoms in total. The van der Waals surface area contributed by atoms with Gasteiger partial charge in [0.25, 0.3) is 5.91 Å². The van der Waals surface area contributed by atoms with E-state index in [2.05, 4.69) is 5.32 Å². The Labute approximate surface area is 173 Å². The van der Waals surface area contributed by atoms with Crippen LogP contribution in [0.3, 0.4) is 0 Å². The number of hydrogen-bond donors (Lipinski definition) is 1. The van der Waals surface area contributed by atoms with E-state index in [1.54, 1.807) is 24.3 Å². The number of nitrogens with one attached hydrogen (secondary N) is 1. The van der Waals surface area contributed by atoms with Crippen molar-refractivity contribution in [1.29, 1.82) is 0 Å². The maximum absolute atomic E-state index is 12.0. The number of methoxy groups -OCH3 is 1. The Morgan fingerprint density at radius 3 is 2.63 bits per heavy atom. The van der Waals surface area contributed by atoms with Crippen LogP contribution in [0.4, 0.5) is 5.69 Å². The summed E-state index contributed by atoms with van der Waals surface area (Å²) in [5.74, 6) is -0.436. The summed E-state index contributed by atoms with van der Waals surface area (Å²) in [5, 5.41) is 3.24. The Hall–Kier alpha value is -3.59. The molecule has 156 valence electrons. The van der Waals surface area contributed by atoms with E-state index in [4.69, 9.17) is 13.9 Å². The molecule has 3 aromatic rings. The molecule has 3 rings (SSSR count). The van der Waals surface area contributed by atoms with E-state index >= 15 is 0 Å². The number of anilines is 1. The van der Waals surface area contributed by atoms with Gasteiger partial charge in [-0.15, -0.1) is 0 Å². The minimum atomic E-state index is -3.52. The quantitative estimate of drug-likeness (QED) is 0.454. The summed E-state index contributed by atoms with van der Waals surface area (Å²) in [6.07, 6.45) is 3.58. The maximum Gasteiger partial charge on any atom is 0.331 e. The van der Waals surface area contributed by atoms with Gasteiger partial charge in [-0.25, -0.2) is 13.2 Å². The fourth-order valence-corrected chi connectivity index (χ4v) is 3.56. The minimum absolute atomic E-state index is 0.0233. The number of fused-ring (bicyclic) bond motifs is 1. The number of esters is 1. The van der Waals surface area contributed by atoms with Gasteiger partial charge in [0.2, 0.25) is 0 Å². The molecule has 0 saturated heterocycles. The molecule has 1 aromatic heterocycles. The van der Waals surface area contributed by atoms with E-state index < -0.39 is 28.3 Å². The van der Waals surface area contributed by atoms with E-state index in [0.29, 0.717) is 17.1 Å². The van der Waals surface area contributed by atoms with Crippen molar-refractivity contribution in [2.75, 3.05) is 25.3 Å². The predicted molar refractivity (Wildman–Crippen MR) is 111 cm³/mol. The van der Waals surface area contributed by atoms with Gasteiger partial charge in [-0.2, -0.15) is 0 Å². The normalized spacial score (nSPS) is 11.5. The van der Waals surface area contributed by atoms with Gasteiger partial charge in [0.1, 0.15) is 5.76 Å². The first kappa shape index (κ1) is 21.1. The second-order valence-electron chi connectivity index (χ2n) is 6.28. The zero-order chi connectivity index (χ0) is 21.7. The second-order valence-corrected chi connectivity index (χ2v) is 8.27. The molecule has 0 aliphatic rings. The highest BCUT2D eigenvalue weighted by Gasteiger charge is 2.15. The fourth-order valence-electron chi connectivity index (χ4n) is 2.71. The van der Waals surface area contributed by atoms with Gasteiger partial charge in [0.05, 0.1) is 17.7 Å². The number of carbonyl (C=O) groups is 2. The van der Waals surface area contributed by atoms with Crippen molar-refractivity contribution < 1.29 is 31.9 Å². The molecular weight excluding hydrogens is 410 g/mol. The highest BCUT2D eigenvalue weighted by molar-refractivity contribution is 7.90. The van der Waals surface area contributed by atoms with Crippen molar-refractivity contribution in [3.8, 4) is 5.75 Å². The lowest BCUT2D eigenvalue weighted by Gasteiger charge is -2.09. The molecular formula is C21H19NO7S. The summed E-state index contributed by atoms with van der Waals surface area (Å²) in [6, 6.07) is 13.1. The summed E-state index contributed by atoms with van der Waals surface area (Å²) in [5.41, 5.74) is 0.671. The Morgan fingerprint density at radius 1 is 1.13 bits per heavy atom. The van der Waals surface area contributed by atoms with Gasteiger partial charge >= 0.3 is 5.97 Å². The van der Waals surface area contributed by atoms with Crippen LogP contribution < -0.4 is 10.1 Å². The highest BCUT2D eigenvalue weighted by Crippen LogP contribution is 2.28. The molecule has 1 amide bonds. The van der Waals surface area contributed by atoms with Crippen LogP contribution >= 0.6 is 0 Å². The van der Waals surface area contributed by atoms with Crippen LogP contribution in [0.25, 0.3) is 17.0 Å². The SMILES string of the molecule is COc1cccc2cc(/C=C/C(=O)OCC(=O)Nc3ccccc3S(C)(=O)=O)oc12. The maximum atomic E-state index is 12.0. The van der Waals surface area contributed by atoms with E-state index in [-0.39, 0.29) is 10.6 Å². The fraction of sp³-hybridized carbons (Fsp3) is 0.143. The molecule has 0 aliphatic heterocycles. The largest absolute Gasteiger partial charge is 0.493 e. The third kappa shape index (κ3) is 5.06. The Balaban J connectivity index is 1.59. The lowest BCUT2D eigenvalue weighted by molar-refractivity contribution is -0.142. The average Bonchev–Trinajstić information content (AvgIpc) is 3.13. The minimum Gasteiger partial charge on any atom is -0.493 e. The third-order valence-electron chi connectivity index (χ3n) is 4.04. The average molecular weight is 429 g/mol. The summed E-state index contributed by atoms with van der Waals surface area (Å²) in [7, 11) is -1.99. The van der Waals surface area contributed by atoms with E-state index in [1.165, 1.54) is 25.3 Å². The standard InChI is InChI=1S/C21H19NO7S/c1-27-17-8-5-6-14-12-15(29-21(14)17)10-11-20(24)28-13-19(23)22-16-7-3-4-9-18(16)30(2,25)26/h3-12H,13H2,1-2H3,(H,22,23)/b11-10+. The van der Waals surface area contributed by atoms with Crippen LogP contribution in [0.5, 0.6) is 5.75 Å². The summed E-state index contributed by atoms with van der Waals surface area (Å²) in [4.78, 5) is 23.9. The number of furan rings is 1. The Kier molecular flexibility index (Phi) is 6.22. The van der Waals surface area contributed by atoms with Crippen molar-refractivity contribution in [1.82, 2.24) is 0 Å². The number of hydrogen-bond acceptors (Lipinski definition) is 7. The zero-order valence-corrected chi connectivity index (χ0v) is 17.1. The van der Waals surface area contributed by atoms with Crippen molar-refractivity contribution >= 4 is 44.4 Å². The Bertz CT molecular complexity index is 1230. The van der Waals surface area contributed by atoms with Crippen molar-refractivity contribution in [3.05, 3.63) is 60.4 Å². The first-order chi connectivity index (χ1) is 14.3. The number of ether oxygens (including phenoxy) is 2. The van der Waals surface area contributed by atoms with Gasteiger partial charge < -0.3 is 19.2 Å². The molecule has 0 aliphatic carbocycles. The molecule has 0 fully saturated rings. The van der Waals surface area contributed by atoms with Crippen molar-refractivity contribution in [3.63, 3.8) is 0 Å². The number of para-hydroxylation sites is 2. The molecule has 30 heavy (non-hydrogen) atoms. The van der Waals surface area contributed by atoms with Gasteiger partial charge in [-0.1, -0.05) is 24.3 Å². The van der Waals surface area contributed by atoms with Gasteiger partial charge in [-0.05, 0) is 30.3 Å². The van der Waals surface area contributed by atoms with E-state index in [1.807, 2.05) is 12.1 Å². The molecule has 0 spiro atoms. The highest BCUT2D eigenvalue weighted by atomic mass is 32.2. The number of benzene rings is 2. The van der Waals surface area contributed by atoms with E-state index in [0.717, 1.165) is 17.7 Å². The number of sulfone groups is 1. The summed E-state index contributed by atoms with van der Waals surface area (Å²) >= 11 is 0. The lowest BCUT2D eigenvalue weighted by Crippen LogP contribution is -2.21. The summed E-state index contributed by atoms with van der Waals surface area (Å²) < 4.78 is 39.3. The third-order valence-corrected chi connectivity index (χ3v) is 5.19. The van der Waals surface area contributed by atoms with Gasteiger partial charge in [-0.3, -0.25) is 4.79 Å². The number of amides is 1. The van der Waals surface area contributed by atoms with E-state index in [9.17, 15) is 18.0 Å². The molecule has 0 bridgehead atoms. The zero-order valence-electron chi connectivity index (χ0n) is 16.2. The molecule has 1 N–H and O–H groups in total. The lowest BCUT2D eigenvalue weighted by atomic mass is 10.2. The van der Waals surface area contributed by atoms with Crippen LogP contribution in [0.2, 0.25) is 0 Å². The molecule has 9 heteroatoms. The molecule has 1 heterocycles. The molecule has 0 unspecified atom stereocenters. The van der Waals surface area contributed by atoms with Crippen LogP contribution in [-0.2, 0) is 24.2 Å². The monoisotopic (exact) mass is 429 g/mol. The van der Waals surface area contributed by atoms with Crippen LogP contribution in [0.15, 0.2) is 63.9 Å². The second kappa shape index (κ2) is 8.83. The van der Waals surface area contributed by atoms with Crippen LogP contribution in [0.1, 0.15) is 5.76 Å². The molecule has 2 aromatic carbocycles.